The van der Waals surface area contributed by atoms with Crippen molar-refractivity contribution in [3.8, 4) is 5.75 Å². The molecule has 24 heavy (non-hydrogen) atoms. The molecule has 0 N–H and O–H groups in total. The van der Waals surface area contributed by atoms with E-state index >= 15 is 0 Å². The molecule has 2 aromatic carbocycles. The van der Waals surface area contributed by atoms with Gasteiger partial charge >= 0.3 is 0 Å². The summed E-state index contributed by atoms with van der Waals surface area (Å²) in [5.41, 5.74) is 4.33. The van der Waals surface area contributed by atoms with Crippen LogP contribution in [0.2, 0.25) is 0 Å². The lowest BCUT2D eigenvalue weighted by atomic mass is 9.92. The minimum atomic E-state index is 0.0588. The van der Waals surface area contributed by atoms with Crippen molar-refractivity contribution in [2.75, 3.05) is 6.61 Å². The summed E-state index contributed by atoms with van der Waals surface area (Å²) in [6.07, 6.45) is 5.54. The fourth-order valence-electron chi connectivity index (χ4n) is 3.20. The standard InChI is InChI=1S/C21H17NO2/c1-13-6-7-14(2)21-19(13)20(23)17(12-24-21)10-15-4-3-5-16-11-22-9-8-18(15)16/h3-11H,12H2,1-2H3/b17-10-. The Hall–Kier alpha value is -2.94. The maximum atomic E-state index is 13.0. The molecule has 4 rings (SSSR count). The van der Waals surface area contributed by atoms with Gasteiger partial charge in [-0.3, -0.25) is 9.78 Å². The minimum absolute atomic E-state index is 0.0588. The van der Waals surface area contributed by atoms with Crippen LogP contribution < -0.4 is 4.74 Å². The SMILES string of the molecule is Cc1ccc(C)c2c1OC/C(=C/c1cccc3cnccc13)C2=O. The molecule has 0 atom stereocenters. The Bertz CT molecular complexity index is 997. The predicted molar refractivity (Wildman–Crippen MR) is 95.5 cm³/mol. The van der Waals surface area contributed by atoms with Gasteiger partial charge in [-0.25, -0.2) is 0 Å². The molecule has 0 fully saturated rings. The summed E-state index contributed by atoms with van der Waals surface area (Å²) in [5, 5.41) is 2.14. The van der Waals surface area contributed by atoms with Crippen LogP contribution in [0.15, 0.2) is 54.4 Å². The van der Waals surface area contributed by atoms with Gasteiger partial charge in [-0.15, -0.1) is 0 Å². The van der Waals surface area contributed by atoms with E-state index in [1.807, 2.05) is 62.5 Å². The highest BCUT2D eigenvalue weighted by Gasteiger charge is 2.26. The van der Waals surface area contributed by atoms with Gasteiger partial charge in [-0.05, 0) is 48.1 Å². The summed E-state index contributed by atoms with van der Waals surface area (Å²) >= 11 is 0. The molecule has 0 amide bonds. The molecule has 3 aromatic rings. The van der Waals surface area contributed by atoms with Crippen molar-refractivity contribution >= 4 is 22.6 Å². The Balaban J connectivity index is 1.84. The highest BCUT2D eigenvalue weighted by molar-refractivity contribution is 6.15. The zero-order chi connectivity index (χ0) is 16.7. The van der Waals surface area contributed by atoms with Crippen molar-refractivity contribution < 1.29 is 9.53 Å². The first-order chi connectivity index (χ1) is 11.6. The Morgan fingerprint density at radius 3 is 2.79 bits per heavy atom. The number of Topliss-reactive ketones (excluding diaryl/α,β-unsaturated/α-hetero) is 1. The normalized spacial score (nSPS) is 15.4. The molecule has 0 radical (unpaired) electrons. The van der Waals surface area contributed by atoms with Gasteiger partial charge in [0, 0.05) is 23.4 Å². The molecule has 0 unspecified atom stereocenters. The van der Waals surface area contributed by atoms with Crippen LogP contribution in [0, 0.1) is 13.8 Å². The van der Waals surface area contributed by atoms with Crippen LogP contribution in [0.5, 0.6) is 5.75 Å². The fraction of sp³-hybridized carbons (Fsp3) is 0.143. The summed E-state index contributed by atoms with van der Waals surface area (Å²) in [6.45, 7) is 4.22. The number of benzene rings is 2. The minimum Gasteiger partial charge on any atom is -0.488 e. The van der Waals surface area contributed by atoms with Crippen molar-refractivity contribution in [3.05, 3.63) is 76.6 Å². The molecule has 1 aliphatic rings. The molecule has 1 aromatic heterocycles. The van der Waals surface area contributed by atoms with Gasteiger partial charge in [0.05, 0.1) is 5.56 Å². The van der Waals surface area contributed by atoms with Crippen molar-refractivity contribution in [3.63, 3.8) is 0 Å². The van der Waals surface area contributed by atoms with E-state index in [9.17, 15) is 4.79 Å². The van der Waals surface area contributed by atoms with Crippen LogP contribution in [0.25, 0.3) is 16.8 Å². The van der Waals surface area contributed by atoms with Crippen LogP contribution in [-0.2, 0) is 0 Å². The number of hydrogen-bond acceptors (Lipinski definition) is 3. The molecular formula is C21H17NO2. The molecule has 0 spiro atoms. The molecular weight excluding hydrogens is 298 g/mol. The summed E-state index contributed by atoms with van der Waals surface area (Å²) in [5.74, 6) is 0.780. The van der Waals surface area contributed by atoms with Gasteiger partial charge < -0.3 is 4.74 Å². The summed E-state index contributed by atoms with van der Waals surface area (Å²) in [7, 11) is 0. The molecule has 3 heteroatoms. The first kappa shape index (κ1) is 14.6. The first-order valence-corrected chi connectivity index (χ1v) is 7.96. The van der Waals surface area contributed by atoms with Crippen molar-refractivity contribution in [2.45, 2.75) is 13.8 Å². The van der Waals surface area contributed by atoms with E-state index in [0.717, 1.165) is 33.2 Å². The number of carbonyl (C=O) groups is 1. The van der Waals surface area contributed by atoms with Crippen LogP contribution in [-0.4, -0.2) is 17.4 Å². The second-order valence-corrected chi connectivity index (χ2v) is 6.13. The van der Waals surface area contributed by atoms with Gasteiger partial charge in [-0.2, -0.15) is 0 Å². The maximum Gasteiger partial charge on any atom is 0.196 e. The second kappa shape index (κ2) is 5.60. The number of aromatic nitrogens is 1. The van der Waals surface area contributed by atoms with Crippen molar-refractivity contribution in [1.82, 2.24) is 4.98 Å². The van der Waals surface area contributed by atoms with E-state index in [-0.39, 0.29) is 5.78 Å². The molecule has 1 aliphatic heterocycles. The van der Waals surface area contributed by atoms with Crippen molar-refractivity contribution in [1.29, 1.82) is 0 Å². The van der Waals surface area contributed by atoms with Gasteiger partial charge in [-0.1, -0.05) is 30.3 Å². The van der Waals surface area contributed by atoms with E-state index in [1.165, 1.54) is 0 Å². The second-order valence-electron chi connectivity index (χ2n) is 6.13. The Morgan fingerprint density at radius 1 is 1.08 bits per heavy atom. The molecule has 2 heterocycles. The first-order valence-electron chi connectivity index (χ1n) is 7.96. The maximum absolute atomic E-state index is 13.0. The number of carbonyl (C=O) groups excluding carboxylic acids is 1. The summed E-state index contributed by atoms with van der Waals surface area (Å²) < 4.78 is 5.90. The third kappa shape index (κ3) is 2.29. The lowest BCUT2D eigenvalue weighted by Gasteiger charge is -2.22. The van der Waals surface area contributed by atoms with Gasteiger partial charge in [0.25, 0.3) is 0 Å². The zero-order valence-corrected chi connectivity index (χ0v) is 13.7. The van der Waals surface area contributed by atoms with Gasteiger partial charge in [0.2, 0.25) is 0 Å². The number of ketones is 1. The van der Waals surface area contributed by atoms with Gasteiger partial charge in [0.15, 0.2) is 5.78 Å². The molecule has 118 valence electrons. The van der Waals surface area contributed by atoms with E-state index in [2.05, 4.69) is 4.98 Å². The Kier molecular flexibility index (Phi) is 3.42. The number of nitrogens with zero attached hydrogens (tertiary/aromatic N) is 1. The van der Waals surface area contributed by atoms with E-state index < -0.39 is 0 Å². The highest BCUT2D eigenvalue weighted by atomic mass is 16.5. The molecule has 3 nitrogen and oxygen atoms in total. The monoisotopic (exact) mass is 315 g/mol. The number of aryl methyl sites for hydroxylation is 2. The molecule has 0 saturated carbocycles. The predicted octanol–water partition coefficient (Wildman–Crippen LogP) is 4.51. The third-order valence-electron chi connectivity index (χ3n) is 4.50. The van der Waals surface area contributed by atoms with Crippen LogP contribution in [0.4, 0.5) is 0 Å². The number of fused-ring (bicyclic) bond motifs is 2. The Morgan fingerprint density at radius 2 is 1.92 bits per heavy atom. The van der Waals surface area contributed by atoms with E-state index in [1.54, 1.807) is 6.20 Å². The lowest BCUT2D eigenvalue weighted by molar-refractivity contribution is 0.0999. The zero-order valence-electron chi connectivity index (χ0n) is 13.7. The molecule has 0 saturated heterocycles. The largest absolute Gasteiger partial charge is 0.488 e. The molecule has 0 bridgehead atoms. The fourth-order valence-corrected chi connectivity index (χ4v) is 3.20. The van der Waals surface area contributed by atoms with Gasteiger partial charge in [0.1, 0.15) is 12.4 Å². The van der Waals surface area contributed by atoms with Crippen LogP contribution >= 0.6 is 0 Å². The summed E-state index contributed by atoms with van der Waals surface area (Å²) in [4.78, 5) is 17.1. The van der Waals surface area contributed by atoms with Crippen LogP contribution in [0.1, 0.15) is 27.0 Å². The number of rotatable bonds is 1. The average molecular weight is 315 g/mol. The lowest BCUT2D eigenvalue weighted by Crippen LogP contribution is -2.21. The topological polar surface area (TPSA) is 39.2 Å². The summed E-state index contributed by atoms with van der Waals surface area (Å²) in [6, 6.07) is 12.0. The number of ether oxygens (including phenoxy) is 1. The average Bonchev–Trinajstić information content (AvgIpc) is 2.60. The molecule has 0 aliphatic carbocycles. The highest BCUT2D eigenvalue weighted by Crippen LogP contribution is 2.34. The smallest absolute Gasteiger partial charge is 0.196 e. The number of hydrogen-bond donors (Lipinski definition) is 0. The van der Waals surface area contributed by atoms with Crippen molar-refractivity contribution in [2.24, 2.45) is 0 Å². The third-order valence-corrected chi connectivity index (χ3v) is 4.50. The van der Waals surface area contributed by atoms with E-state index in [4.69, 9.17) is 4.74 Å². The Labute approximate surface area is 140 Å². The number of pyridine rings is 1. The quantitative estimate of drug-likeness (QED) is 0.620. The van der Waals surface area contributed by atoms with Crippen LogP contribution in [0.3, 0.4) is 0 Å². The van der Waals surface area contributed by atoms with E-state index in [0.29, 0.717) is 17.7 Å².